The van der Waals surface area contributed by atoms with Gasteiger partial charge in [-0.2, -0.15) is 0 Å². The molecule has 1 N–H and O–H groups in total. The molecule has 1 aromatic rings. The minimum absolute atomic E-state index is 0. The molecule has 0 bridgehead atoms. The molecule has 0 amide bonds. The number of hydrogen-bond donors (Lipinski definition) is 1. The number of hydrogen-bond acceptors (Lipinski definition) is 4. The van der Waals surface area contributed by atoms with E-state index in [-0.39, 0.29) is 23.0 Å². The molecule has 2 rings (SSSR count). The predicted octanol–water partition coefficient (Wildman–Crippen LogP) is 2.06. The largest absolute Gasteiger partial charge is 0.319 e. The van der Waals surface area contributed by atoms with Crippen LogP contribution in [0.5, 0.6) is 0 Å². The molecule has 1 aromatic carbocycles. The minimum Gasteiger partial charge on any atom is -0.319 e. The van der Waals surface area contributed by atoms with Gasteiger partial charge in [0, 0.05) is 25.2 Å². The summed E-state index contributed by atoms with van der Waals surface area (Å²) in [6, 6.07) is 6.86. The molecule has 1 heterocycles. The molecule has 6 heteroatoms. The molecule has 19 heavy (non-hydrogen) atoms. The van der Waals surface area contributed by atoms with Gasteiger partial charge in [0.1, 0.15) is 0 Å². The van der Waals surface area contributed by atoms with Crippen LogP contribution in [0.25, 0.3) is 0 Å². The Morgan fingerprint density at radius 1 is 1.42 bits per heavy atom. The highest BCUT2D eigenvalue weighted by Gasteiger charge is 2.21. The SMILES string of the molecule is CNCC1CCN(Cc2ccc([N+](=O)[O-])cc2)C1.Cl. The van der Waals surface area contributed by atoms with Crippen molar-refractivity contribution in [2.45, 2.75) is 13.0 Å². The highest BCUT2D eigenvalue weighted by Crippen LogP contribution is 2.19. The number of likely N-dealkylation sites (tertiary alicyclic amines) is 1. The summed E-state index contributed by atoms with van der Waals surface area (Å²) in [5.41, 5.74) is 1.30. The van der Waals surface area contributed by atoms with E-state index in [2.05, 4.69) is 10.2 Å². The van der Waals surface area contributed by atoms with Crippen molar-refractivity contribution in [1.82, 2.24) is 10.2 Å². The maximum atomic E-state index is 10.6. The number of nitro groups is 1. The van der Waals surface area contributed by atoms with E-state index in [1.807, 2.05) is 19.2 Å². The van der Waals surface area contributed by atoms with E-state index < -0.39 is 0 Å². The van der Waals surface area contributed by atoms with Crippen LogP contribution in [0.1, 0.15) is 12.0 Å². The highest BCUT2D eigenvalue weighted by atomic mass is 35.5. The van der Waals surface area contributed by atoms with Gasteiger partial charge in [-0.05, 0) is 38.0 Å². The van der Waals surface area contributed by atoms with Gasteiger partial charge in [-0.3, -0.25) is 15.0 Å². The first-order chi connectivity index (χ1) is 8.69. The van der Waals surface area contributed by atoms with Crippen molar-refractivity contribution >= 4 is 18.1 Å². The van der Waals surface area contributed by atoms with Crippen molar-refractivity contribution in [3.63, 3.8) is 0 Å². The van der Waals surface area contributed by atoms with Crippen LogP contribution in [0.15, 0.2) is 24.3 Å². The van der Waals surface area contributed by atoms with E-state index in [4.69, 9.17) is 0 Å². The van der Waals surface area contributed by atoms with Crippen molar-refractivity contribution in [1.29, 1.82) is 0 Å². The number of benzene rings is 1. The molecular formula is C13H20ClN3O2. The molecule has 1 aliphatic heterocycles. The number of nitrogens with zero attached hydrogens (tertiary/aromatic N) is 2. The Morgan fingerprint density at radius 2 is 2.11 bits per heavy atom. The van der Waals surface area contributed by atoms with E-state index in [0.717, 1.165) is 37.7 Å². The third-order valence-corrected chi connectivity index (χ3v) is 3.42. The summed E-state index contributed by atoms with van der Waals surface area (Å²) in [4.78, 5) is 12.6. The zero-order chi connectivity index (χ0) is 13.0. The van der Waals surface area contributed by atoms with Crippen LogP contribution in [0, 0.1) is 16.0 Å². The summed E-state index contributed by atoms with van der Waals surface area (Å²) in [5.74, 6) is 0.730. The van der Waals surface area contributed by atoms with Crippen molar-refractivity contribution in [3.05, 3.63) is 39.9 Å². The van der Waals surface area contributed by atoms with Crippen LogP contribution >= 0.6 is 12.4 Å². The summed E-state index contributed by atoms with van der Waals surface area (Å²) in [6.45, 7) is 4.18. The summed E-state index contributed by atoms with van der Waals surface area (Å²) >= 11 is 0. The molecule has 0 aliphatic carbocycles. The summed E-state index contributed by atoms with van der Waals surface area (Å²) in [5, 5.41) is 13.8. The quantitative estimate of drug-likeness (QED) is 0.664. The molecular weight excluding hydrogens is 266 g/mol. The molecule has 1 unspecified atom stereocenters. The van der Waals surface area contributed by atoms with Crippen molar-refractivity contribution in [2.75, 3.05) is 26.7 Å². The van der Waals surface area contributed by atoms with E-state index >= 15 is 0 Å². The lowest BCUT2D eigenvalue weighted by atomic mass is 10.1. The van der Waals surface area contributed by atoms with Crippen molar-refractivity contribution in [2.24, 2.45) is 5.92 Å². The maximum absolute atomic E-state index is 10.6. The van der Waals surface area contributed by atoms with Crippen LogP contribution in [0.3, 0.4) is 0 Å². The first-order valence-electron chi connectivity index (χ1n) is 6.29. The fraction of sp³-hybridized carbons (Fsp3) is 0.538. The van der Waals surface area contributed by atoms with E-state index in [0.29, 0.717) is 0 Å². The first kappa shape index (κ1) is 15.9. The Balaban J connectivity index is 0.00000180. The zero-order valence-electron chi connectivity index (χ0n) is 11.0. The second kappa shape index (κ2) is 7.43. The fourth-order valence-corrected chi connectivity index (χ4v) is 2.49. The van der Waals surface area contributed by atoms with Crippen LogP contribution in [0.4, 0.5) is 5.69 Å². The molecule has 0 radical (unpaired) electrons. The van der Waals surface area contributed by atoms with Crippen LogP contribution in [-0.2, 0) is 6.54 Å². The Hall–Kier alpha value is -1.17. The number of non-ortho nitro benzene ring substituents is 1. The van der Waals surface area contributed by atoms with E-state index in [9.17, 15) is 10.1 Å². The number of halogens is 1. The molecule has 1 saturated heterocycles. The molecule has 1 atom stereocenters. The van der Waals surface area contributed by atoms with Crippen LogP contribution in [0.2, 0.25) is 0 Å². The Bertz CT molecular complexity index is 411. The second-order valence-corrected chi connectivity index (χ2v) is 4.87. The fourth-order valence-electron chi connectivity index (χ4n) is 2.49. The Morgan fingerprint density at radius 3 is 2.68 bits per heavy atom. The molecule has 106 valence electrons. The summed E-state index contributed by atoms with van der Waals surface area (Å²) in [7, 11) is 1.99. The van der Waals surface area contributed by atoms with Crippen molar-refractivity contribution in [3.8, 4) is 0 Å². The van der Waals surface area contributed by atoms with Gasteiger partial charge < -0.3 is 5.32 Å². The molecule has 5 nitrogen and oxygen atoms in total. The number of nitro benzene ring substituents is 1. The van der Waals surface area contributed by atoms with Gasteiger partial charge >= 0.3 is 0 Å². The van der Waals surface area contributed by atoms with E-state index in [1.54, 1.807) is 12.1 Å². The molecule has 0 spiro atoms. The lowest BCUT2D eigenvalue weighted by Gasteiger charge is -2.15. The average molecular weight is 286 g/mol. The highest BCUT2D eigenvalue weighted by molar-refractivity contribution is 5.85. The van der Waals surface area contributed by atoms with Crippen LogP contribution in [-0.4, -0.2) is 36.5 Å². The van der Waals surface area contributed by atoms with Crippen molar-refractivity contribution < 1.29 is 4.92 Å². The normalized spacial score (nSPS) is 19.1. The van der Waals surface area contributed by atoms with Gasteiger partial charge in [-0.25, -0.2) is 0 Å². The summed E-state index contributed by atoms with van der Waals surface area (Å²) in [6.07, 6.45) is 1.23. The first-order valence-corrected chi connectivity index (χ1v) is 6.29. The summed E-state index contributed by atoms with van der Waals surface area (Å²) < 4.78 is 0. The second-order valence-electron chi connectivity index (χ2n) is 4.87. The lowest BCUT2D eigenvalue weighted by molar-refractivity contribution is -0.384. The van der Waals surface area contributed by atoms with Gasteiger partial charge in [-0.15, -0.1) is 12.4 Å². The van der Waals surface area contributed by atoms with Gasteiger partial charge in [0.15, 0.2) is 0 Å². The third-order valence-electron chi connectivity index (χ3n) is 3.42. The van der Waals surface area contributed by atoms with Gasteiger partial charge in [-0.1, -0.05) is 12.1 Å². The topological polar surface area (TPSA) is 58.4 Å². The van der Waals surface area contributed by atoms with Gasteiger partial charge in [0.05, 0.1) is 4.92 Å². The molecule has 1 fully saturated rings. The molecule has 0 saturated carbocycles. The number of rotatable bonds is 5. The third kappa shape index (κ3) is 4.45. The Labute approximate surface area is 119 Å². The average Bonchev–Trinajstić information content (AvgIpc) is 2.78. The lowest BCUT2D eigenvalue weighted by Crippen LogP contribution is -2.24. The zero-order valence-corrected chi connectivity index (χ0v) is 11.9. The van der Waals surface area contributed by atoms with Gasteiger partial charge in [0.2, 0.25) is 0 Å². The minimum atomic E-state index is -0.359. The predicted molar refractivity (Wildman–Crippen MR) is 77.7 cm³/mol. The van der Waals surface area contributed by atoms with E-state index in [1.165, 1.54) is 6.42 Å². The molecule has 1 aliphatic rings. The number of nitrogens with one attached hydrogen (secondary N) is 1. The molecule has 0 aromatic heterocycles. The van der Waals surface area contributed by atoms with Gasteiger partial charge in [0.25, 0.3) is 5.69 Å². The monoisotopic (exact) mass is 285 g/mol. The Kier molecular flexibility index (Phi) is 6.21. The standard InChI is InChI=1S/C13H19N3O2.ClH/c1-14-8-12-6-7-15(10-12)9-11-2-4-13(5-3-11)16(17)18;/h2-5,12,14H,6-10H2,1H3;1H. The smallest absolute Gasteiger partial charge is 0.269 e. The van der Waals surface area contributed by atoms with Crippen LogP contribution < -0.4 is 5.32 Å². The maximum Gasteiger partial charge on any atom is 0.269 e.